The molecule has 140 valence electrons. The molecule has 2 saturated heterocycles. The van der Waals surface area contributed by atoms with Crippen molar-refractivity contribution in [2.75, 3.05) is 11.1 Å². The number of esters is 1. The zero-order valence-corrected chi connectivity index (χ0v) is 16.5. The molecule has 0 saturated carbocycles. The normalized spacial score (nSPS) is 25.8. The molecule has 0 aromatic carbocycles. The molecule has 2 aliphatic heterocycles. The first-order valence-electron chi connectivity index (χ1n) is 8.00. The molecule has 1 aromatic heterocycles. The number of amides is 2. The standard InChI is InChI=1S/C16H17Cl2N3O4S/c1-8(14(23)20-13-10(18)5-9(17)6-19-13)25-15(24)11-7-26-16(2)4-3-12(22)21(11)16/h5-6,8,11H,3-4,7H2,1-2H3,(H,19,20,23)/t8-,11-,16-/m0/s1. The van der Waals surface area contributed by atoms with Crippen molar-refractivity contribution >= 4 is 58.6 Å². The van der Waals surface area contributed by atoms with Gasteiger partial charge in [-0.05, 0) is 26.3 Å². The smallest absolute Gasteiger partial charge is 0.330 e. The Bertz CT molecular complexity index is 778. The van der Waals surface area contributed by atoms with Gasteiger partial charge in [-0.3, -0.25) is 9.59 Å². The summed E-state index contributed by atoms with van der Waals surface area (Å²) in [7, 11) is 0. The molecule has 3 atom stereocenters. The fourth-order valence-corrected chi connectivity index (χ4v) is 4.87. The van der Waals surface area contributed by atoms with Gasteiger partial charge in [-0.2, -0.15) is 0 Å². The lowest BCUT2D eigenvalue weighted by Crippen LogP contribution is -2.48. The van der Waals surface area contributed by atoms with Crippen LogP contribution in [0.25, 0.3) is 0 Å². The first-order chi connectivity index (χ1) is 12.2. The molecule has 1 N–H and O–H groups in total. The Balaban J connectivity index is 1.62. The first kappa shape index (κ1) is 19.3. The molecule has 10 heteroatoms. The summed E-state index contributed by atoms with van der Waals surface area (Å²) in [6.45, 7) is 3.39. The number of carbonyl (C=O) groups excluding carboxylic acids is 3. The van der Waals surface area contributed by atoms with Gasteiger partial charge in [0.2, 0.25) is 5.91 Å². The number of pyridine rings is 1. The van der Waals surface area contributed by atoms with Gasteiger partial charge in [0.25, 0.3) is 5.91 Å². The Labute approximate surface area is 164 Å². The van der Waals surface area contributed by atoms with Crippen molar-refractivity contribution in [1.29, 1.82) is 0 Å². The highest BCUT2D eigenvalue weighted by Gasteiger charge is 2.53. The molecule has 2 fully saturated rings. The number of ether oxygens (including phenoxy) is 1. The molecule has 2 aliphatic rings. The van der Waals surface area contributed by atoms with Gasteiger partial charge in [0.05, 0.1) is 14.9 Å². The fourth-order valence-electron chi connectivity index (χ4n) is 3.03. The van der Waals surface area contributed by atoms with Gasteiger partial charge < -0.3 is 15.0 Å². The second-order valence-electron chi connectivity index (χ2n) is 6.32. The Morgan fingerprint density at radius 1 is 1.50 bits per heavy atom. The Morgan fingerprint density at radius 2 is 2.23 bits per heavy atom. The lowest BCUT2D eigenvalue weighted by Gasteiger charge is -2.29. The van der Waals surface area contributed by atoms with Crippen LogP contribution < -0.4 is 5.32 Å². The summed E-state index contributed by atoms with van der Waals surface area (Å²) >= 11 is 13.3. The number of thioether (sulfide) groups is 1. The van der Waals surface area contributed by atoms with Crippen molar-refractivity contribution in [2.24, 2.45) is 0 Å². The molecule has 3 rings (SSSR count). The third-order valence-electron chi connectivity index (χ3n) is 4.43. The summed E-state index contributed by atoms with van der Waals surface area (Å²) in [6.07, 6.45) is 1.40. The molecular formula is C16H17Cl2N3O4S. The molecule has 3 heterocycles. The number of nitrogens with zero attached hydrogens (tertiary/aromatic N) is 2. The number of halogens is 2. The Kier molecular flexibility index (Phi) is 5.37. The van der Waals surface area contributed by atoms with Crippen LogP contribution in [0.3, 0.4) is 0 Å². The Morgan fingerprint density at radius 3 is 2.92 bits per heavy atom. The summed E-state index contributed by atoms with van der Waals surface area (Å²) in [6, 6.07) is 0.769. The number of nitrogens with one attached hydrogen (secondary N) is 1. The number of fused-ring (bicyclic) bond motifs is 1. The van der Waals surface area contributed by atoms with E-state index >= 15 is 0 Å². The van der Waals surface area contributed by atoms with E-state index in [9.17, 15) is 14.4 Å². The molecular weight excluding hydrogens is 401 g/mol. The predicted octanol–water partition coefficient (Wildman–Crippen LogP) is 2.71. The van der Waals surface area contributed by atoms with Gasteiger partial charge in [0.1, 0.15) is 6.04 Å². The van der Waals surface area contributed by atoms with Crippen molar-refractivity contribution in [3.05, 3.63) is 22.3 Å². The largest absolute Gasteiger partial charge is 0.451 e. The van der Waals surface area contributed by atoms with Gasteiger partial charge >= 0.3 is 5.97 Å². The second-order valence-corrected chi connectivity index (χ2v) is 8.66. The molecule has 0 aliphatic carbocycles. The van der Waals surface area contributed by atoms with Crippen LogP contribution in [0, 0.1) is 0 Å². The zero-order valence-electron chi connectivity index (χ0n) is 14.1. The monoisotopic (exact) mass is 417 g/mol. The Hall–Kier alpha value is -1.51. The van der Waals surface area contributed by atoms with Crippen LogP contribution in [-0.4, -0.2) is 50.4 Å². The first-order valence-corrected chi connectivity index (χ1v) is 9.74. The van der Waals surface area contributed by atoms with Gasteiger partial charge in [-0.15, -0.1) is 11.8 Å². The molecule has 0 radical (unpaired) electrons. The lowest BCUT2D eigenvalue weighted by atomic mass is 10.2. The number of hydrogen-bond donors (Lipinski definition) is 1. The molecule has 2 amide bonds. The van der Waals surface area contributed by atoms with Crippen LogP contribution in [-0.2, 0) is 19.1 Å². The topological polar surface area (TPSA) is 88.6 Å². The van der Waals surface area contributed by atoms with Crippen LogP contribution >= 0.6 is 35.0 Å². The van der Waals surface area contributed by atoms with E-state index < -0.39 is 24.0 Å². The summed E-state index contributed by atoms with van der Waals surface area (Å²) in [5.41, 5.74) is 0. The second kappa shape index (κ2) is 7.25. The maximum absolute atomic E-state index is 12.5. The molecule has 1 aromatic rings. The highest BCUT2D eigenvalue weighted by atomic mass is 35.5. The number of rotatable bonds is 4. The van der Waals surface area contributed by atoms with E-state index in [0.717, 1.165) is 0 Å². The minimum Gasteiger partial charge on any atom is -0.451 e. The summed E-state index contributed by atoms with van der Waals surface area (Å²) in [5, 5.41) is 3.01. The van der Waals surface area contributed by atoms with Gasteiger partial charge in [-0.1, -0.05) is 23.2 Å². The number of carbonyl (C=O) groups is 3. The summed E-state index contributed by atoms with van der Waals surface area (Å²) in [5.74, 6) is -0.637. The van der Waals surface area contributed by atoms with Gasteiger partial charge in [0, 0.05) is 18.4 Å². The van der Waals surface area contributed by atoms with E-state index in [1.54, 1.807) is 16.7 Å². The van der Waals surface area contributed by atoms with Crippen molar-refractivity contribution < 1.29 is 19.1 Å². The van der Waals surface area contributed by atoms with Gasteiger partial charge in [-0.25, -0.2) is 9.78 Å². The fraction of sp³-hybridized carbons (Fsp3) is 0.500. The zero-order chi connectivity index (χ0) is 19.1. The molecule has 26 heavy (non-hydrogen) atoms. The average Bonchev–Trinajstić information content (AvgIpc) is 3.06. The summed E-state index contributed by atoms with van der Waals surface area (Å²) < 4.78 is 5.28. The SMILES string of the molecule is C[C@H](OC(=O)[C@@H]1CS[C@@]2(C)CCC(=O)N12)C(=O)Nc1ncc(Cl)cc1Cl. The van der Waals surface area contributed by atoms with Crippen molar-refractivity contribution in [2.45, 2.75) is 43.7 Å². The van der Waals surface area contributed by atoms with Crippen LogP contribution in [0.2, 0.25) is 10.0 Å². The van der Waals surface area contributed by atoms with E-state index in [1.807, 2.05) is 6.92 Å². The molecule has 7 nitrogen and oxygen atoms in total. The van der Waals surface area contributed by atoms with Crippen molar-refractivity contribution in [1.82, 2.24) is 9.88 Å². The third kappa shape index (κ3) is 3.63. The summed E-state index contributed by atoms with van der Waals surface area (Å²) in [4.78, 5) is 42.0. The predicted molar refractivity (Wildman–Crippen MR) is 99.2 cm³/mol. The van der Waals surface area contributed by atoms with E-state index in [0.29, 0.717) is 23.6 Å². The van der Waals surface area contributed by atoms with Crippen LogP contribution in [0.1, 0.15) is 26.7 Å². The highest BCUT2D eigenvalue weighted by molar-refractivity contribution is 8.01. The lowest BCUT2D eigenvalue weighted by molar-refractivity contribution is -0.160. The highest BCUT2D eigenvalue weighted by Crippen LogP contribution is 2.47. The van der Waals surface area contributed by atoms with Gasteiger partial charge in [0.15, 0.2) is 11.9 Å². The quantitative estimate of drug-likeness (QED) is 0.757. The molecule has 0 spiro atoms. The van der Waals surface area contributed by atoms with E-state index in [4.69, 9.17) is 27.9 Å². The molecule has 0 bridgehead atoms. The molecule has 0 unspecified atom stereocenters. The van der Waals surface area contributed by atoms with Crippen molar-refractivity contribution in [3.8, 4) is 0 Å². The van der Waals surface area contributed by atoms with Crippen LogP contribution in [0.5, 0.6) is 0 Å². The van der Waals surface area contributed by atoms with E-state index in [2.05, 4.69) is 10.3 Å². The van der Waals surface area contributed by atoms with Crippen LogP contribution in [0.4, 0.5) is 5.82 Å². The maximum Gasteiger partial charge on any atom is 0.330 e. The maximum atomic E-state index is 12.5. The number of hydrogen-bond acceptors (Lipinski definition) is 6. The van der Waals surface area contributed by atoms with Crippen molar-refractivity contribution in [3.63, 3.8) is 0 Å². The third-order valence-corrected chi connectivity index (χ3v) is 6.43. The number of anilines is 1. The average molecular weight is 418 g/mol. The minimum absolute atomic E-state index is 0.0614. The number of aromatic nitrogens is 1. The minimum atomic E-state index is -1.06. The van der Waals surface area contributed by atoms with Crippen LogP contribution in [0.15, 0.2) is 12.3 Å². The van der Waals surface area contributed by atoms with E-state index in [1.165, 1.54) is 19.2 Å². The van der Waals surface area contributed by atoms with E-state index in [-0.39, 0.29) is 21.6 Å².